The topological polar surface area (TPSA) is 9.23 Å². The van der Waals surface area contributed by atoms with Crippen molar-refractivity contribution in [1.29, 1.82) is 0 Å². The second kappa shape index (κ2) is 4.83. The average Bonchev–Trinajstić information content (AvgIpc) is 2.07. The molecule has 1 rings (SSSR count). The second-order valence-corrected chi connectivity index (χ2v) is 4.67. The third kappa shape index (κ3) is 3.02. The highest BCUT2D eigenvalue weighted by molar-refractivity contribution is 9.10. The predicted molar refractivity (Wildman–Crippen MR) is 63.6 cm³/mol. The number of rotatable bonds is 3. The standard InChI is InChI=1S/C12H16BrO/c1-8(2)10-5-6-12(11(13)7-10)14-9(3)4/h5-7,9H,1-4H3. The van der Waals surface area contributed by atoms with Crippen molar-refractivity contribution in [3.8, 4) is 5.75 Å². The third-order valence-corrected chi connectivity index (χ3v) is 2.49. The molecule has 0 atom stereocenters. The van der Waals surface area contributed by atoms with Gasteiger partial charge >= 0.3 is 0 Å². The summed E-state index contributed by atoms with van der Waals surface area (Å²) < 4.78 is 6.64. The van der Waals surface area contributed by atoms with Gasteiger partial charge in [-0.05, 0) is 53.4 Å². The van der Waals surface area contributed by atoms with Crippen LogP contribution in [-0.2, 0) is 0 Å². The van der Waals surface area contributed by atoms with Crippen molar-refractivity contribution in [3.05, 3.63) is 34.2 Å². The van der Waals surface area contributed by atoms with Crippen LogP contribution in [0.2, 0.25) is 0 Å². The molecule has 0 spiro atoms. The molecule has 1 aromatic rings. The Kier molecular flexibility index (Phi) is 3.99. The molecule has 0 aliphatic carbocycles. The van der Waals surface area contributed by atoms with E-state index in [1.165, 1.54) is 11.5 Å². The number of ether oxygens (including phenoxy) is 1. The SMILES string of the molecule is C[C](C)c1ccc(OC(C)C)c(Br)c1. The molecule has 0 saturated carbocycles. The molecule has 0 aliphatic rings. The molecule has 0 fully saturated rings. The van der Waals surface area contributed by atoms with Crippen LogP contribution < -0.4 is 4.74 Å². The van der Waals surface area contributed by atoms with Gasteiger partial charge in [0.1, 0.15) is 5.75 Å². The Morgan fingerprint density at radius 2 is 1.93 bits per heavy atom. The molecule has 0 saturated heterocycles. The molecule has 0 bridgehead atoms. The summed E-state index contributed by atoms with van der Waals surface area (Å²) >= 11 is 3.51. The van der Waals surface area contributed by atoms with E-state index >= 15 is 0 Å². The molecule has 0 unspecified atom stereocenters. The highest BCUT2D eigenvalue weighted by Gasteiger charge is 2.06. The Morgan fingerprint density at radius 3 is 2.36 bits per heavy atom. The van der Waals surface area contributed by atoms with Gasteiger partial charge in [0.25, 0.3) is 0 Å². The maximum absolute atomic E-state index is 5.62. The molecular weight excluding hydrogens is 240 g/mol. The molecule has 2 heteroatoms. The van der Waals surface area contributed by atoms with E-state index in [1.54, 1.807) is 0 Å². The first-order chi connectivity index (χ1) is 6.50. The highest BCUT2D eigenvalue weighted by Crippen LogP contribution is 2.29. The quantitative estimate of drug-likeness (QED) is 0.787. The summed E-state index contributed by atoms with van der Waals surface area (Å²) in [7, 11) is 0. The van der Waals surface area contributed by atoms with Gasteiger partial charge in [-0.1, -0.05) is 19.9 Å². The predicted octanol–water partition coefficient (Wildman–Crippen LogP) is 4.20. The van der Waals surface area contributed by atoms with Crippen LogP contribution in [0.15, 0.2) is 22.7 Å². The van der Waals surface area contributed by atoms with Gasteiger partial charge in [0, 0.05) is 0 Å². The molecule has 0 N–H and O–H groups in total. The number of halogens is 1. The van der Waals surface area contributed by atoms with Crippen LogP contribution in [0.3, 0.4) is 0 Å². The van der Waals surface area contributed by atoms with Crippen LogP contribution in [0, 0.1) is 5.92 Å². The Labute approximate surface area is 94.6 Å². The van der Waals surface area contributed by atoms with Gasteiger partial charge in [0.15, 0.2) is 0 Å². The van der Waals surface area contributed by atoms with E-state index in [2.05, 4.69) is 41.9 Å². The summed E-state index contributed by atoms with van der Waals surface area (Å²) in [4.78, 5) is 0. The Morgan fingerprint density at radius 1 is 1.29 bits per heavy atom. The van der Waals surface area contributed by atoms with Gasteiger partial charge in [-0.3, -0.25) is 0 Å². The zero-order valence-electron chi connectivity index (χ0n) is 9.10. The highest BCUT2D eigenvalue weighted by atomic mass is 79.9. The van der Waals surface area contributed by atoms with Crippen molar-refractivity contribution in [1.82, 2.24) is 0 Å². The van der Waals surface area contributed by atoms with Gasteiger partial charge < -0.3 is 4.74 Å². The first-order valence-corrected chi connectivity index (χ1v) is 5.56. The maximum Gasteiger partial charge on any atom is 0.133 e. The maximum atomic E-state index is 5.62. The minimum absolute atomic E-state index is 0.212. The van der Waals surface area contributed by atoms with Gasteiger partial charge in [-0.2, -0.15) is 0 Å². The molecule has 1 aromatic carbocycles. The number of benzene rings is 1. The van der Waals surface area contributed by atoms with Crippen LogP contribution in [0.5, 0.6) is 5.75 Å². The summed E-state index contributed by atoms with van der Waals surface area (Å²) in [6.45, 7) is 8.25. The zero-order chi connectivity index (χ0) is 10.7. The lowest BCUT2D eigenvalue weighted by atomic mass is 10.0. The van der Waals surface area contributed by atoms with E-state index < -0.39 is 0 Å². The fourth-order valence-electron chi connectivity index (χ4n) is 1.16. The van der Waals surface area contributed by atoms with E-state index in [0.717, 1.165) is 10.2 Å². The van der Waals surface area contributed by atoms with Crippen LogP contribution in [0.1, 0.15) is 33.3 Å². The number of hydrogen-bond donors (Lipinski definition) is 0. The molecule has 0 amide bonds. The van der Waals surface area contributed by atoms with Gasteiger partial charge in [0.05, 0.1) is 10.6 Å². The first-order valence-electron chi connectivity index (χ1n) is 4.77. The van der Waals surface area contributed by atoms with Crippen molar-refractivity contribution in [2.75, 3.05) is 0 Å². The molecule has 14 heavy (non-hydrogen) atoms. The van der Waals surface area contributed by atoms with E-state index in [4.69, 9.17) is 4.74 Å². The smallest absolute Gasteiger partial charge is 0.133 e. The van der Waals surface area contributed by atoms with Crippen molar-refractivity contribution in [2.24, 2.45) is 0 Å². The van der Waals surface area contributed by atoms with E-state index in [-0.39, 0.29) is 6.10 Å². The summed E-state index contributed by atoms with van der Waals surface area (Å²) in [6, 6.07) is 6.18. The Balaban J connectivity index is 2.90. The van der Waals surface area contributed by atoms with Gasteiger partial charge in [-0.25, -0.2) is 0 Å². The van der Waals surface area contributed by atoms with Crippen molar-refractivity contribution < 1.29 is 4.74 Å². The largest absolute Gasteiger partial charge is 0.490 e. The fourth-order valence-corrected chi connectivity index (χ4v) is 1.63. The normalized spacial score (nSPS) is 11.1. The van der Waals surface area contributed by atoms with E-state index in [0.29, 0.717) is 0 Å². The Hall–Kier alpha value is -0.500. The second-order valence-electron chi connectivity index (χ2n) is 3.81. The minimum atomic E-state index is 0.212. The Bertz CT molecular complexity index is 305. The molecule has 0 heterocycles. The lowest BCUT2D eigenvalue weighted by Crippen LogP contribution is -2.06. The molecule has 0 aliphatic heterocycles. The molecular formula is C12H16BrO. The lowest BCUT2D eigenvalue weighted by molar-refractivity contribution is 0.241. The van der Waals surface area contributed by atoms with Crippen LogP contribution in [0.4, 0.5) is 0 Å². The van der Waals surface area contributed by atoms with Gasteiger partial charge in [-0.15, -0.1) is 0 Å². The number of hydrogen-bond acceptors (Lipinski definition) is 1. The minimum Gasteiger partial charge on any atom is -0.490 e. The lowest BCUT2D eigenvalue weighted by Gasteiger charge is -2.13. The van der Waals surface area contributed by atoms with Crippen molar-refractivity contribution >= 4 is 15.9 Å². The summed E-state index contributed by atoms with van der Waals surface area (Å²) in [5.41, 5.74) is 1.24. The van der Waals surface area contributed by atoms with E-state index in [1.807, 2.05) is 19.9 Å². The van der Waals surface area contributed by atoms with Crippen LogP contribution >= 0.6 is 15.9 Å². The van der Waals surface area contributed by atoms with Crippen molar-refractivity contribution in [3.63, 3.8) is 0 Å². The van der Waals surface area contributed by atoms with Gasteiger partial charge in [0.2, 0.25) is 0 Å². The fraction of sp³-hybridized carbons (Fsp3) is 0.417. The van der Waals surface area contributed by atoms with E-state index in [9.17, 15) is 0 Å². The molecule has 1 radical (unpaired) electrons. The van der Waals surface area contributed by atoms with Crippen LogP contribution in [0.25, 0.3) is 0 Å². The molecule has 0 aromatic heterocycles. The molecule has 77 valence electrons. The summed E-state index contributed by atoms with van der Waals surface area (Å²) in [6.07, 6.45) is 0.212. The van der Waals surface area contributed by atoms with Crippen LogP contribution in [-0.4, -0.2) is 6.10 Å². The zero-order valence-corrected chi connectivity index (χ0v) is 10.7. The van der Waals surface area contributed by atoms with Crippen molar-refractivity contribution in [2.45, 2.75) is 33.8 Å². The summed E-state index contributed by atoms with van der Waals surface area (Å²) in [5, 5.41) is 0. The third-order valence-electron chi connectivity index (χ3n) is 1.87. The summed E-state index contributed by atoms with van der Waals surface area (Å²) in [5.74, 6) is 2.21. The molecule has 1 nitrogen and oxygen atoms in total. The first kappa shape index (κ1) is 11.6. The average molecular weight is 256 g/mol. The monoisotopic (exact) mass is 255 g/mol.